The molecule has 5 fully saturated rings. The molecule has 3 aliphatic heterocycles. The maximum atomic E-state index is 12.8. The van der Waals surface area contributed by atoms with Gasteiger partial charge < -0.3 is 18.9 Å². The quantitative estimate of drug-likeness (QED) is 0.589. The molecule has 0 aromatic heterocycles. The smallest absolute Gasteiger partial charge is 0.308 e. The second kappa shape index (κ2) is 8.47. The molecule has 164 valence electrons. The molecule has 0 amide bonds. The number of rotatable bonds is 7. The molecule has 10 atom stereocenters. The summed E-state index contributed by atoms with van der Waals surface area (Å²) in [6.07, 6.45) is 9.93. The Morgan fingerprint density at radius 1 is 1.07 bits per heavy atom. The number of ether oxygens (including phenoxy) is 4. The van der Waals surface area contributed by atoms with Crippen LogP contribution in [0.1, 0.15) is 71.6 Å². The highest BCUT2D eigenvalue weighted by molar-refractivity contribution is 5.70. The zero-order chi connectivity index (χ0) is 20.0. The molecule has 0 aromatic carbocycles. The van der Waals surface area contributed by atoms with Gasteiger partial charge in [0.25, 0.3) is 0 Å². The van der Waals surface area contributed by atoms with E-state index in [9.17, 15) is 4.79 Å². The molecule has 5 heteroatoms. The summed E-state index contributed by atoms with van der Waals surface area (Å²) in [7, 11) is 0. The number of esters is 1. The maximum Gasteiger partial charge on any atom is 0.308 e. The Labute approximate surface area is 175 Å². The van der Waals surface area contributed by atoms with Gasteiger partial charge in [-0.25, -0.2) is 0 Å². The standard InChI is InChI=1S/C24H38O5/c1-14-15(2)19-10-16(14)11-20(19)22(29-24-5-3-4-8-26-24)12-23(25)27-13-17-9-18-6-7-21(17)28-18/h14-22,24H,3-13H2,1-2H3. The van der Waals surface area contributed by atoms with Crippen LogP contribution in [0.4, 0.5) is 0 Å². The molecule has 10 unspecified atom stereocenters. The summed E-state index contributed by atoms with van der Waals surface area (Å²) < 4.78 is 24.0. The van der Waals surface area contributed by atoms with Gasteiger partial charge in [0.1, 0.15) is 0 Å². The van der Waals surface area contributed by atoms with E-state index in [2.05, 4.69) is 13.8 Å². The summed E-state index contributed by atoms with van der Waals surface area (Å²) >= 11 is 0. The fourth-order valence-electron chi connectivity index (χ4n) is 7.08. The van der Waals surface area contributed by atoms with Crippen LogP contribution in [0.2, 0.25) is 0 Å². The van der Waals surface area contributed by atoms with Gasteiger partial charge in [-0.3, -0.25) is 4.79 Å². The molecule has 0 spiro atoms. The zero-order valence-electron chi connectivity index (χ0n) is 18.1. The van der Waals surface area contributed by atoms with Crippen molar-refractivity contribution < 1.29 is 23.7 Å². The van der Waals surface area contributed by atoms with Gasteiger partial charge >= 0.3 is 5.97 Å². The molecular formula is C24H38O5. The monoisotopic (exact) mass is 406 g/mol. The van der Waals surface area contributed by atoms with Gasteiger partial charge in [0.05, 0.1) is 31.3 Å². The number of carbonyl (C=O) groups excluding carboxylic acids is 1. The van der Waals surface area contributed by atoms with E-state index in [1.807, 2.05) is 0 Å². The highest BCUT2D eigenvalue weighted by atomic mass is 16.7. The van der Waals surface area contributed by atoms with Crippen LogP contribution in [0.15, 0.2) is 0 Å². The fourth-order valence-corrected chi connectivity index (χ4v) is 7.08. The third kappa shape index (κ3) is 4.12. The van der Waals surface area contributed by atoms with Crippen molar-refractivity contribution in [2.45, 2.75) is 96.2 Å². The molecule has 2 saturated carbocycles. The molecule has 29 heavy (non-hydrogen) atoms. The van der Waals surface area contributed by atoms with Gasteiger partial charge in [-0.05, 0) is 81.0 Å². The van der Waals surface area contributed by atoms with Crippen LogP contribution in [0.25, 0.3) is 0 Å². The molecular weight excluding hydrogens is 368 g/mol. The van der Waals surface area contributed by atoms with Crippen molar-refractivity contribution in [2.24, 2.45) is 35.5 Å². The van der Waals surface area contributed by atoms with Crippen LogP contribution in [-0.4, -0.2) is 43.8 Å². The molecule has 2 aliphatic carbocycles. The van der Waals surface area contributed by atoms with Crippen molar-refractivity contribution in [2.75, 3.05) is 13.2 Å². The van der Waals surface area contributed by atoms with E-state index < -0.39 is 0 Å². The largest absolute Gasteiger partial charge is 0.465 e. The van der Waals surface area contributed by atoms with Gasteiger partial charge in [0.15, 0.2) is 6.29 Å². The Balaban J connectivity index is 1.19. The lowest BCUT2D eigenvalue weighted by Gasteiger charge is -2.38. The first-order valence-electron chi connectivity index (χ1n) is 12.2. The molecule has 0 aromatic rings. The summed E-state index contributed by atoms with van der Waals surface area (Å²) in [5.41, 5.74) is 0. The predicted octanol–water partition coefficient (Wildman–Crippen LogP) is 4.33. The van der Waals surface area contributed by atoms with E-state index in [-0.39, 0.29) is 18.4 Å². The van der Waals surface area contributed by atoms with Gasteiger partial charge in [0.2, 0.25) is 0 Å². The lowest BCUT2D eigenvalue weighted by molar-refractivity contribution is -0.208. The maximum absolute atomic E-state index is 12.8. The SMILES string of the molecule is CC1C2CC(C(CC(=O)OCC3CC4CCC3O4)OC3CCCCO3)C(C2)C1C. The van der Waals surface area contributed by atoms with Crippen LogP contribution >= 0.6 is 0 Å². The lowest BCUT2D eigenvalue weighted by Crippen LogP contribution is -2.39. The summed E-state index contributed by atoms with van der Waals surface area (Å²) in [5, 5.41) is 0. The number of hydrogen-bond donors (Lipinski definition) is 0. The highest BCUT2D eigenvalue weighted by Crippen LogP contribution is 2.56. The Bertz CT molecular complexity index is 586. The summed E-state index contributed by atoms with van der Waals surface area (Å²) in [5.74, 6) is 3.75. The Morgan fingerprint density at radius 3 is 2.62 bits per heavy atom. The van der Waals surface area contributed by atoms with E-state index >= 15 is 0 Å². The molecule has 3 saturated heterocycles. The predicted molar refractivity (Wildman–Crippen MR) is 108 cm³/mol. The first-order valence-corrected chi connectivity index (χ1v) is 12.2. The molecule has 5 aliphatic rings. The topological polar surface area (TPSA) is 54.0 Å². The minimum Gasteiger partial charge on any atom is -0.465 e. The van der Waals surface area contributed by atoms with Gasteiger partial charge in [-0.1, -0.05) is 13.8 Å². The van der Waals surface area contributed by atoms with Crippen molar-refractivity contribution >= 4 is 5.97 Å². The van der Waals surface area contributed by atoms with Gasteiger partial charge in [-0.2, -0.15) is 0 Å². The second-order valence-corrected chi connectivity index (χ2v) is 10.5. The third-order valence-corrected chi connectivity index (χ3v) is 8.95. The normalized spacial score (nSPS) is 46.9. The first-order chi connectivity index (χ1) is 14.1. The summed E-state index contributed by atoms with van der Waals surface area (Å²) in [6, 6.07) is 0. The summed E-state index contributed by atoms with van der Waals surface area (Å²) in [6.45, 7) is 6.08. The first kappa shape index (κ1) is 20.3. The van der Waals surface area contributed by atoms with Crippen molar-refractivity contribution in [3.8, 4) is 0 Å². The number of fused-ring (bicyclic) bond motifs is 4. The van der Waals surface area contributed by atoms with Crippen LogP contribution in [0.3, 0.4) is 0 Å². The molecule has 0 N–H and O–H groups in total. The van der Waals surface area contributed by atoms with Crippen LogP contribution in [-0.2, 0) is 23.7 Å². The van der Waals surface area contributed by atoms with Crippen LogP contribution in [0.5, 0.6) is 0 Å². The fraction of sp³-hybridized carbons (Fsp3) is 0.958. The van der Waals surface area contributed by atoms with E-state index in [1.54, 1.807) is 0 Å². The van der Waals surface area contributed by atoms with E-state index in [0.717, 1.165) is 56.5 Å². The average Bonchev–Trinajstić information content (AvgIpc) is 3.50. The Morgan fingerprint density at radius 2 is 1.97 bits per heavy atom. The van der Waals surface area contributed by atoms with E-state index in [0.29, 0.717) is 43.0 Å². The average molecular weight is 407 g/mol. The molecule has 5 rings (SSSR count). The molecule has 5 nitrogen and oxygen atoms in total. The van der Waals surface area contributed by atoms with Crippen LogP contribution < -0.4 is 0 Å². The Hall–Kier alpha value is -0.650. The van der Waals surface area contributed by atoms with Gasteiger partial charge in [-0.15, -0.1) is 0 Å². The summed E-state index contributed by atoms with van der Waals surface area (Å²) in [4.78, 5) is 12.8. The number of carbonyl (C=O) groups is 1. The van der Waals surface area contributed by atoms with Crippen LogP contribution in [0, 0.1) is 35.5 Å². The molecule has 4 bridgehead atoms. The van der Waals surface area contributed by atoms with E-state index in [1.165, 1.54) is 19.3 Å². The highest BCUT2D eigenvalue weighted by Gasteiger charge is 2.52. The lowest BCUT2D eigenvalue weighted by atomic mass is 9.73. The minimum atomic E-state index is -0.146. The van der Waals surface area contributed by atoms with Crippen molar-refractivity contribution in [1.29, 1.82) is 0 Å². The second-order valence-electron chi connectivity index (χ2n) is 10.5. The molecule has 0 radical (unpaired) electrons. The molecule has 3 heterocycles. The van der Waals surface area contributed by atoms with Crippen molar-refractivity contribution in [3.05, 3.63) is 0 Å². The van der Waals surface area contributed by atoms with E-state index in [4.69, 9.17) is 18.9 Å². The number of hydrogen-bond acceptors (Lipinski definition) is 5. The van der Waals surface area contributed by atoms with Crippen molar-refractivity contribution in [1.82, 2.24) is 0 Å². The Kier molecular flexibility index (Phi) is 5.92. The third-order valence-electron chi connectivity index (χ3n) is 8.95. The van der Waals surface area contributed by atoms with Gasteiger partial charge in [0, 0.05) is 12.5 Å². The minimum absolute atomic E-state index is 0.0631. The zero-order valence-corrected chi connectivity index (χ0v) is 18.1. The van der Waals surface area contributed by atoms with Crippen molar-refractivity contribution in [3.63, 3.8) is 0 Å².